The van der Waals surface area contributed by atoms with Gasteiger partial charge in [0.25, 0.3) is 5.92 Å². The van der Waals surface area contributed by atoms with E-state index in [0.29, 0.717) is 27.7 Å². The maximum absolute atomic E-state index is 13.6. The average molecular weight is 326 g/mol. The van der Waals surface area contributed by atoms with E-state index in [1.165, 1.54) is 18.2 Å². The number of alkyl halides is 2. The fourth-order valence-corrected chi connectivity index (χ4v) is 3.11. The molecule has 2 heterocycles. The summed E-state index contributed by atoms with van der Waals surface area (Å²) in [5.41, 5.74) is 0.934. The molecule has 1 aliphatic rings. The first kappa shape index (κ1) is 15.4. The highest BCUT2D eigenvalue weighted by Crippen LogP contribution is 2.35. The Kier molecular flexibility index (Phi) is 3.54. The van der Waals surface area contributed by atoms with Crippen molar-refractivity contribution < 1.29 is 27.9 Å². The molecule has 1 saturated heterocycles. The van der Waals surface area contributed by atoms with Crippen LogP contribution in [0.15, 0.2) is 18.2 Å². The molecule has 0 radical (unpaired) electrons. The second-order valence-electron chi connectivity index (χ2n) is 5.65. The molecule has 0 spiro atoms. The van der Waals surface area contributed by atoms with Crippen LogP contribution in [-0.2, 0) is 6.42 Å². The predicted octanol–water partition coefficient (Wildman–Crippen LogP) is 3.05. The van der Waals surface area contributed by atoms with Crippen LogP contribution >= 0.6 is 0 Å². The molecule has 0 aliphatic carbocycles. The van der Waals surface area contributed by atoms with Gasteiger partial charge in [0.1, 0.15) is 5.82 Å². The Balaban J connectivity index is 2.00. The Morgan fingerprint density at radius 3 is 2.87 bits per heavy atom. The summed E-state index contributed by atoms with van der Waals surface area (Å²) in [5.74, 6) is -3.59. The normalized spacial score (nSPS) is 20.1. The number of nitrogens with zero attached hydrogens (tertiary/aromatic N) is 1. The third kappa shape index (κ3) is 2.76. The summed E-state index contributed by atoms with van der Waals surface area (Å²) >= 11 is 0. The van der Waals surface area contributed by atoms with E-state index in [9.17, 15) is 22.8 Å². The van der Waals surface area contributed by atoms with E-state index in [0.717, 1.165) is 0 Å². The van der Waals surface area contributed by atoms with E-state index in [2.05, 4.69) is 4.98 Å². The van der Waals surface area contributed by atoms with Crippen molar-refractivity contribution in [2.24, 2.45) is 0 Å². The van der Waals surface area contributed by atoms with Crippen LogP contribution in [0.25, 0.3) is 10.9 Å². The molecule has 2 N–H and O–H groups in total. The second-order valence-corrected chi connectivity index (χ2v) is 5.65. The molecule has 1 atom stereocenters. The molecule has 1 aromatic carbocycles. The van der Waals surface area contributed by atoms with E-state index in [1.54, 1.807) is 0 Å². The summed E-state index contributed by atoms with van der Waals surface area (Å²) in [7, 11) is 0. The smallest absolute Gasteiger partial charge is 0.407 e. The number of aldehydes is 1. The second kappa shape index (κ2) is 5.29. The van der Waals surface area contributed by atoms with Crippen molar-refractivity contribution in [2.75, 3.05) is 6.54 Å². The third-order valence-electron chi connectivity index (χ3n) is 4.08. The number of rotatable bonds is 3. The van der Waals surface area contributed by atoms with Gasteiger partial charge >= 0.3 is 6.09 Å². The van der Waals surface area contributed by atoms with E-state index in [4.69, 9.17) is 5.11 Å². The molecular weight excluding hydrogens is 313 g/mol. The lowest BCUT2D eigenvalue weighted by Gasteiger charge is -2.20. The van der Waals surface area contributed by atoms with Crippen molar-refractivity contribution >= 4 is 23.3 Å². The monoisotopic (exact) mass is 326 g/mol. The lowest BCUT2D eigenvalue weighted by atomic mass is 10.0. The van der Waals surface area contributed by atoms with Crippen molar-refractivity contribution in [1.29, 1.82) is 0 Å². The maximum Gasteiger partial charge on any atom is 0.407 e. The Morgan fingerprint density at radius 1 is 1.48 bits per heavy atom. The number of carboxylic acid groups (broad SMARTS) is 1. The zero-order chi connectivity index (χ0) is 16.8. The number of hydrogen-bond acceptors (Lipinski definition) is 2. The van der Waals surface area contributed by atoms with E-state index < -0.39 is 36.8 Å². The molecule has 23 heavy (non-hydrogen) atoms. The minimum Gasteiger partial charge on any atom is -0.465 e. The van der Waals surface area contributed by atoms with Crippen molar-refractivity contribution in [3.05, 3.63) is 35.3 Å². The number of amides is 1. The van der Waals surface area contributed by atoms with Gasteiger partial charge in [0.2, 0.25) is 0 Å². The molecule has 1 fully saturated rings. The number of hydrogen-bond donors (Lipinski definition) is 2. The van der Waals surface area contributed by atoms with Gasteiger partial charge in [0.15, 0.2) is 6.29 Å². The highest BCUT2D eigenvalue weighted by Gasteiger charge is 2.47. The number of carbonyl (C=O) groups is 2. The van der Waals surface area contributed by atoms with Gasteiger partial charge in [-0.1, -0.05) is 0 Å². The highest BCUT2D eigenvalue weighted by molar-refractivity contribution is 5.92. The van der Waals surface area contributed by atoms with Crippen molar-refractivity contribution in [3.8, 4) is 0 Å². The summed E-state index contributed by atoms with van der Waals surface area (Å²) in [6.07, 6.45) is -1.55. The van der Waals surface area contributed by atoms with Crippen LogP contribution in [0.3, 0.4) is 0 Å². The van der Waals surface area contributed by atoms with Gasteiger partial charge in [-0.3, -0.25) is 9.69 Å². The molecule has 5 nitrogen and oxygen atoms in total. The average Bonchev–Trinajstić information content (AvgIpc) is 2.96. The van der Waals surface area contributed by atoms with Crippen molar-refractivity contribution in [3.63, 3.8) is 0 Å². The standard InChI is InChI=1S/C15H13F3N2O3/c16-8-1-2-10-11(13(6-21)19-12(10)3-8)4-9-5-15(17,18)7-20(9)14(22)23/h1-3,6,9,19H,4-5,7H2,(H,22,23). The Bertz CT molecular complexity index is 788. The van der Waals surface area contributed by atoms with Gasteiger partial charge in [-0.15, -0.1) is 0 Å². The van der Waals surface area contributed by atoms with Crippen LogP contribution < -0.4 is 0 Å². The van der Waals surface area contributed by atoms with Crippen molar-refractivity contribution in [2.45, 2.75) is 24.8 Å². The van der Waals surface area contributed by atoms with Crippen LogP contribution in [0.4, 0.5) is 18.0 Å². The Morgan fingerprint density at radius 2 is 2.22 bits per heavy atom. The molecule has 1 aromatic heterocycles. The number of benzene rings is 1. The number of fused-ring (bicyclic) bond motifs is 1. The van der Waals surface area contributed by atoms with Crippen LogP contribution in [0.1, 0.15) is 22.5 Å². The lowest BCUT2D eigenvalue weighted by Crippen LogP contribution is -2.36. The number of aromatic amines is 1. The summed E-state index contributed by atoms with van der Waals surface area (Å²) in [6.45, 7) is -0.861. The Labute approximate surface area is 128 Å². The topological polar surface area (TPSA) is 73.4 Å². The van der Waals surface area contributed by atoms with Crippen LogP contribution in [0.2, 0.25) is 0 Å². The zero-order valence-corrected chi connectivity index (χ0v) is 11.9. The zero-order valence-electron chi connectivity index (χ0n) is 11.9. The minimum absolute atomic E-state index is 0.0401. The molecule has 8 heteroatoms. The predicted molar refractivity (Wildman–Crippen MR) is 75.4 cm³/mol. The summed E-state index contributed by atoms with van der Waals surface area (Å²) in [5, 5.41) is 9.61. The van der Waals surface area contributed by atoms with Crippen LogP contribution in [0, 0.1) is 5.82 Å². The van der Waals surface area contributed by atoms with E-state index in [-0.39, 0.29) is 12.1 Å². The SMILES string of the molecule is O=Cc1[nH]c2cc(F)ccc2c1CC1CC(F)(F)CN1C(=O)O. The van der Waals surface area contributed by atoms with E-state index in [1.807, 2.05) is 0 Å². The number of H-pyrrole nitrogens is 1. The van der Waals surface area contributed by atoms with E-state index >= 15 is 0 Å². The fourth-order valence-electron chi connectivity index (χ4n) is 3.11. The van der Waals surface area contributed by atoms with Gasteiger partial charge in [-0.2, -0.15) is 0 Å². The van der Waals surface area contributed by atoms with Crippen LogP contribution in [-0.4, -0.2) is 45.9 Å². The maximum atomic E-state index is 13.6. The first-order chi connectivity index (χ1) is 10.8. The van der Waals surface area contributed by atoms with Crippen LogP contribution in [0.5, 0.6) is 0 Å². The molecule has 3 rings (SSSR count). The van der Waals surface area contributed by atoms with Gasteiger partial charge in [-0.25, -0.2) is 18.0 Å². The molecule has 2 aromatic rings. The molecule has 122 valence electrons. The quantitative estimate of drug-likeness (QED) is 0.852. The number of carbonyl (C=O) groups excluding carboxylic acids is 1. The summed E-state index contributed by atoms with van der Waals surface area (Å²) in [4.78, 5) is 25.8. The number of nitrogens with one attached hydrogen (secondary N) is 1. The van der Waals surface area contributed by atoms with Gasteiger partial charge in [0.05, 0.1) is 12.2 Å². The van der Waals surface area contributed by atoms with Gasteiger partial charge in [0, 0.05) is 23.4 Å². The van der Waals surface area contributed by atoms with Gasteiger partial charge < -0.3 is 10.1 Å². The minimum atomic E-state index is -3.09. The first-order valence-electron chi connectivity index (χ1n) is 6.93. The highest BCUT2D eigenvalue weighted by atomic mass is 19.3. The number of halogens is 3. The number of aromatic nitrogens is 1. The molecular formula is C15H13F3N2O3. The summed E-state index contributed by atoms with van der Waals surface area (Å²) in [6, 6.07) is 2.91. The van der Waals surface area contributed by atoms with Crippen molar-refractivity contribution in [1.82, 2.24) is 9.88 Å². The Hall–Kier alpha value is -2.51. The molecule has 1 unspecified atom stereocenters. The molecule has 0 bridgehead atoms. The number of likely N-dealkylation sites (tertiary alicyclic amines) is 1. The third-order valence-corrected chi connectivity index (χ3v) is 4.08. The molecule has 0 saturated carbocycles. The molecule has 1 amide bonds. The fraction of sp³-hybridized carbons (Fsp3) is 0.333. The first-order valence-corrected chi connectivity index (χ1v) is 6.93. The largest absolute Gasteiger partial charge is 0.465 e. The lowest BCUT2D eigenvalue weighted by molar-refractivity contribution is 0.0126. The summed E-state index contributed by atoms with van der Waals surface area (Å²) < 4.78 is 40.4. The molecule has 1 aliphatic heterocycles. The van der Waals surface area contributed by atoms with Gasteiger partial charge in [-0.05, 0) is 30.2 Å².